The first-order chi connectivity index (χ1) is 8.95. The number of urea groups is 1. The number of carbonyl (C=O) groups excluding carboxylic acids is 1. The molecule has 2 unspecified atom stereocenters. The molecule has 0 aliphatic carbocycles. The van der Waals surface area contributed by atoms with Crippen molar-refractivity contribution in [3.63, 3.8) is 0 Å². The molecule has 110 valence electrons. The first-order valence-corrected chi connectivity index (χ1v) is 6.93. The number of nitrogens with zero attached hydrogens (tertiary/aromatic N) is 1. The van der Waals surface area contributed by atoms with Crippen LogP contribution >= 0.6 is 0 Å². The molecule has 0 aromatic rings. The van der Waals surface area contributed by atoms with Gasteiger partial charge in [-0.15, -0.1) is 0 Å². The number of carbonyl (C=O) groups is 2. The van der Waals surface area contributed by atoms with Gasteiger partial charge < -0.3 is 20.4 Å². The highest BCUT2D eigenvalue weighted by molar-refractivity contribution is 5.83. The predicted molar refractivity (Wildman–Crippen MR) is 70.9 cm³/mol. The van der Waals surface area contributed by atoms with Crippen LogP contribution in [0.1, 0.15) is 46.0 Å². The van der Waals surface area contributed by atoms with E-state index in [-0.39, 0.29) is 19.0 Å². The molecule has 1 heterocycles. The Morgan fingerprint density at radius 1 is 1.42 bits per heavy atom. The summed E-state index contributed by atoms with van der Waals surface area (Å²) in [5.74, 6) is -1.06. The molecule has 0 radical (unpaired) electrons. The lowest BCUT2D eigenvalue weighted by molar-refractivity contribution is -0.141. The maximum Gasteiger partial charge on any atom is 0.326 e. The van der Waals surface area contributed by atoms with E-state index in [0.29, 0.717) is 0 Å². The Kier molecular flexibility index (Phi) is 6.08. The first kappa shape index (κ1) is 15.8. The number of aliphatic hydroxyl groups excluding tert-OH is 1. The Balaban J connectivity index is 2.45. The van der Waals surface area contributed by atoms with Crippen LogP contribution in [-0.2, 0) is 4.79 Å². The minimum atomic E-state index is -1.06. The highest BCUT2D eigenvalue weighted by Gasteiger charge is 2.39. The van der Waals surface area contributed by atoms with Crippen LogP contribution in [0.2, 0.25) is 0 Å². The van der Waals surface area contributed by atoms with E-state index >= 15 is 0 Å². The molecule has 1 aliphatic rings. The lowest BCUT2D eigenvalue weighted by atomic mass is 10.1. The Bertz CT molecular complexity index is 322. The number of carboxylic acid groups (broad SMARTS) is 1. The predicted octanol–water partition coefficient (Wildman–Crippen LogP) is 1.18. The molecule has 0 aromatic carbocycles. The molecule has 1 aliphatic heterocycles. The highest BCUT2D eigenvalue weighted by atomic mass is 16.4. The fourth-order valence-electron chi connectivity index (χ4n) is 2.34. The number of amides is 2. The van der Waals surface area contributed by atoms with Gasteiger partial charge in [0.1, 0.15) is 6.04 Å². The smallest absolute Gasteiger partial charge is 0.326 e. The standard InChI is InChI=1S/C13H24N2O4/c1-3-4-5-6-9(2)14-13(19)15-8-10(16)7-11(15)12(17)18/h9-11,16H,3-8H2,1-2H3,(H,14,19)(H,17,18)/t9?,10?,11-/m0/s1. The van der Waals surface area contributed by atoms with Crippen molar-refractivity contribution in [2.24, 2.45) is 0 Å². The van der Waals surface area contributed by atoms with Gasteiger partial charge in [-0.25, -0.2) is 9.59 Å². The summed E-state index contributed by atoms with van der Waals surface area (Å²) in [6.07, 6.45) is 3.53. The van der Waals surface area contributed by atoms with Crippen molar-refractivity contribution in [3.8, 4) is 0 Å². The monoisotopic (exact) mass is 272 g/mol. The van der Waals surface area contributed by atoms with Gasteiger partial charge in [-0.05, 0) is 13.3 Å². The lowest BCUT2D eigenvalue weighted by Crippen LogP contribution is -2.48. The van der Waals surface area contributed by atoms with Crippen molar-refractivity contribution in [1.82, 2.24) is 10.2 Å². The molecular formula is C13H24N2O4. The van der Waals surface area contributed by atoms with Crippen LogP contribution in [0.25, 0.3) is 0 Å². The zero-order valence-corrected chi connectivity index (χ0v) is 11.6. The average molecular weight is 272 g/mol. The molecule has 6 nitrogen and oxygen atoms in total. The molecule has 0 aromatic heterocycles. The Morgan fingerprint density at radius 2 is 2.11 bits per heavy atom. The number of aliphatic carboxylic acids is 1. The van der Waals surface area contributed by atoms with Gasteiger partial charge in [-0.3, -0.25) is 0 Å². The highest BCUT2D eigenvalue weighted by Crippen LogP contribution is 2.18. The van der Waals surface area contributed by atoms with E-state index in [1.165, 1.54) is 4.90 Å². The van der Waals surface area contributed by atoms with Crippen LogP contribution < -0.4 is 5.32 Å². The van der Waals surface area contributed by atoms with Crippen molar-refractivity contribution in [2.75, 3.05) is 6.54 Å². The topological polar surface area (TPSA) is 89.9 Å². The third kappa shape index (κ3) is 4.70. The van der Waals surface area contributed by atoms with Crippen molar-refractivity contribution >= 4 is 12.0 Å². The van der Waals surface area contributed by atoms with E-state index in [1.54, 1.807) is 0 Å². The maximum atomic E-state index is 12.0. The number of rotatable bonds is 6. The molecular weight excluding hydrogens is 248 g/mol. The summed E-state index contributed by atoms with van der Waals surface area (Å²) in [7, 11) is 0. The minimum Gasteiger partial charge on any atom is -0.480 e. The third-order valence-corrected chi connectivity index (χ3v) is 3.44. The summed E-state index contributed by atoms with van der Waals surface area (Å²) in [5.41, 5.74) is 0. The number of carboxylic acids is 1. The number of hydrogen-bond acceptors (Lipinski definition) is 3. The van der Waals surface area contributed by atoms with Crippen LogP contribution in [0.3, 0.4) is 0 Å². The fraction of sp³-hybridized carbons (Fsp3) is 0.846. The van der Waals surface area contributed by atoms with Crippen LogP contribution in [0.5, 0.6) is 0 Å². The lowest BCUT2D eigenvalue weighted by Gasteiger charge is -2.24. The van der Waals surface area contributed by atoms with Gasteiger partial charge >= 0.3 is 12.0 Å². The molecule has 1 fully saturated rings. The molecule has 1 rings (SSSR count). The average Bonchev–Trinajstić information content (AvgIpc) is 2.72. The SMILES string of the molecule is CCCCCC(C)NC(=O)N1CC(O)C[C@H]1C(=O)O. The van der Waals surface area contributed by atoms with Crippen LogP contribution in [0, 0.1) is 0 Å². The summed E-state index contributed by atoms with van der Waals surface area (Å²) >= 11 is 0. The van der Waals surface area contributed by atoms with Gasteiger partial charge in [0.2, 0.25) is 0 Å². The van der Waals surface area contributed by atoms with Crippen molar-refractivity contribution in [1.29, 1.82) is 0 Å². The summed E-state index contributed by atoms with van der Waals surface area (Å²) in [6.45, 7) is 4.12. The number of unbranched alkanes of at least 4 members (excludes halogenated alkanes) is 2. The van der Waals surface area contributed by atoms with E-state index in [9.17, 15) is 14.7 Å². The summed E-state index contributed by atoms with van der Waals surface area (Å²) < 4.78 is 0. The van der Waals surface area contributed by atoms with E-state index in [4.69, 9.17) is 5.11 Å². The molecule has 3 N–H and O–H groups in total. The van der Waals surface area contributed by atoms with Gasteiger partial charge in [0, 0.05) is 19.0 Å². The molecule has 0 bridgehead atoms. The fourth-order valence-corrected chi connectivity index (χ4v) is 2.34. The second kappa shape index (κ2) is 7.33. The number of likely N-dealkylation sites (tertiary alicyclic amines) is 1. The molecule has 3 atom stereocenters. The number of nitrogens with one attached hydrogen (secondary N) is 1. The second-order valence-corrected chi connectivity index (χ2v) is 5.24. The molecule has 2 amide bonds. The van der Waals surface area contributed by atoms with Crippen molar-refractivity contribution in [2.45, 2.75) is 64.1 Å². The van der Waals surface area contributed by atoms with E-state index in [2.05, 4.69) is 12.2 Å². The molecule has 19 heavy (non-hydrogen) atoms. The number of hydrogen-bond donors (Lipinski definition) is 3. The molecule has 6 heteroatoms. The van der Waals surface area contributed by atoms with Gasteiger partial charge in [0.15, 0.2) is 0 Å². The van der Waals surface area contributed by atoms with Gasteiger partial charge in [0.25, 0.3) is 0 Å². The zero-order valence-electron chi connectivity index (χ0n) is 11.6. The third-order valence-electron chi connectivity index (χ3n) is 3.44. The van der Waals surface area contributed by atoms with Crippen molar-refractivity contribution in [3.05, 3.63) is 0 Å². The van der Waals surface area contributed by atoms with Crippen LogP contribution in [-0.4, -0.2) is 51.8 Å². The summed E-state index contributed by atoms with van der Waals surface area (Å²) in [4.78, 5) is 24.2. The Hall–Kier alpha value is -1.30. The van der Waals surface area contributed by atoms with Crippen molar-refractivity contribution < 1.29 is 19.8 Å². The van der Waals surface area contributed by atoms with Gasteiger partial charge in [-0.2, -0.15) is 0 Å². The Morgan fingerprint density at radius 3 is 2.68 bits per heavy atom. The zero-order chi connectivity index (χ0) is 14.4. The van der Waals surface area contributed by atoms with Gasteiger partial charge in [0.05, 0.1) is 6.10 Å². The summed E-state index contributed by atoms with van der Waals surface area (Å²) in [5, 5.41) is 21.3. The van der Waals surface area contributed by atoms with E-state index in [1.807, 2.05) is 6.92 Å². The first-order valence-electron chi connectivity index (χ1n) is 6.93. The van der Waals surface area contributed by atoms with Crippen LogP contribution in [0.15, 0.2) is 0 Å². The quantitative estimate of drug-likeness (QED) is 0.633. The number of aliphatic hydroxyl groups is 1. The second-order valence-electron chi connectivity index (χ2n) is 5.24. The van der Waals surface area contributed by atoms with E-state index in [0.717, 1.165) is 25.7 Å². The minimum absolute atomic E-state index is 0.0197. The van der Waals surface area contributed by atoms with E-state index < -0.39 is 24.1 Å². The molecule has 0 spiro atoms. The molecule has 1 saturated heterocycles. The summed E-state index contributed by atoms with van der Waals surface area (Å²) in [6, 6.07) is -1.29. The molecule has 0 saturated carbocycles. The maximum absolute atomic E-state index is 12.0. The van der Waals surface area contributed by atoms with Gasteiger partial charge in [-0.1, -0.05) is 26.2 Å². The number of β-amino-alcohol motifs (C(OH)–C–C–N with tert-alkyl or cyclic N) is 1. The largest absolute Gasteiger partial charge is 0.480 e. The normalized spacial score (nSPS) is 24.3. The van der Waals surface area contributed by atoms with Crippen LogP contribution in [0.4, 0.5) is 4.79 Å². The Labute approximate surface area is 113 Å².